The first-order valence-electron chi connectivity index (χ1n) is 9.34. The third-order valence-corrected chi connectivity index (χ3v) is 5.50. The summed E-state index contributed by atoms with van der Waals surface area (Å²) in [4.78, 5) is 8.49. The van der Waals surface area contributed by atoms with Gasteiger partial charge >= 0.3 is 0 Å². The second-order valence-corrected chi connectivity index (χ2v) is 8.74. The average Bonchev–Trinajstić information content (AvgIpc) is 3.45. The van der Waals surface area contributed by atoms with Crippen LogP contribution < -0.4 is 9.47 Å². The van der Waals surface area contributed by atoms with Crippen molar-refractivity contribution in [2.75, 3.05) is 20.5 Å². The Kier molecular flexibility index (Phi) is 5.47. The second kappa shape index (κ2) is 8.23. The van der Waals surface area contributed by atoms with E-state index in [0.29, 0.717) is 29.6 Å². The Balaban J connectivity index is 1.77. The van der Waals surface area contributed by atoms with Crippen LogP contribution in [-0.2, 0) is 16.4 Å². The number of benzene rings is 1. The van der Waals surface area contributed by atoms with Gasteiger partial charge in [-0.1, -0.05) is 6.07 Å². The monoisotopic (exact) mass is 439 g/mol. The number of rotatable bonds is 7. The Hall–Kier alpha value is -3.66. The molecule has 0 amide bonds. The number of aromatic nitrogens is 5. The van der Waals surface area contributed by atoms with E-state index in [1.807, 2.05) is 41.1 Å². The highest BCUT2D eigenvalue weighted by Gasteiger charge is 2.18. The molecule has 0 fully saturated rings. The van der Waals surface area contributed by atoms with E-state index in [9.17, 15) is 8.42 Å². The SMILES string of the molecule is COc1ccc(Cn2cccc2-c2cc(-n3cccn3)nc(S(C)(=O)=O)n2)cc1OC. The summed E-state index contributed by atoms with van der Waals surface area (Å²) in [5.74, 6) is 1.65. The quantitative estimate of drug-likeness (QED) is 0.408. The minimum absolute atomic E-state index is 0.255. The third kappa shape index (κ3) is 4.29. The molecule has 31 heavy (non-hydrogen) atoms. The summed E-state index contributed by atoms with van der Waals surface area (Å²) in [6.07, 6.45) is 6.28. The van der Waals surface area contributed by atoms with Crippen molar-refractivity contribution in [3.05, 3.63) is 66.6 Å². The minimum Gasteiger partial charge on any atom is -0.493 e. The number of ether oxygens (including phenoxy) is 2. The Morgan fingerprint density at radius 3 is 2.45 bits per heavy atom. The highest BCUT2D eigenvalue weighted by atomic mass is 32.2. The molecule has 160 valence electrons. The van der Waals surface area contributed by atoms with Gasteiger partial charge in [-0.05, 0) is 35.9 Å². The number of methoxy groups -OCH3 is 2. The maximum Gasteiger partial charge on any atom is 0.249 e. The molecule has 10 heteroatoms. The van der Waals surface area contributed by atoms with Crippen molar-refractivity contribution < 1.29 is 17.9 Å². The van der Waals surface area contributed by atoms with Gasteiger partial charge in [-0.15, -0.1) is 0 Å². The van der Waals surface area contributed by atoms with Crippen molar-refractivity contribution >= 4 is 9.84 Å². The Morgan fingerprint density at radius 2 is 1.77 bits per heavy atom. The summed E-state index contributed by atoms with van der Waals surface area (Å²) in [5.41, 5.74) is 2.21. The van der Waals surface area contributed by atoms with E-state index in [0.717, 1.165) is 17.5 Å². The molecule has 0 bridgehead atoms. The van der Waals surface area contributed by atoms with Crippen molar-refractivity contribution in [3.63, 3.8) is 0 Å². The molecular weight excluding hydrogens is 418 g/mol. The summed E-state index contributed by atoms with van der Waals surface area (Å²) < 4.78 is 38.6. The van der Waals surface area contributed by atoms with Crippen LogP contribution in [0.15, 0.2) is 66.2 Å². The first kappa shape index (κ1) is 20.6. The lowest BCUT2D eigenvalue weighted by Gasteiger charge is -2.13. The molecule has 0 aliphatic carbocycles. The van der Waals surface area contributed by atoms with E-state index in [-0.39, 0.29) is 5.16 Å². The predicted molar refractivity (Wildman–Crippen MR) is 114 cm³/mol. The third-order valence-electron chi connectivity index (χ3n) is 4.66. The van der Waals surface area contributed by atoms with Gasteiger partial charge in [-0.25, -0.2) is 18.1 Å². The van der Waals surface area contributed by atoms with Crippen molar-refractivity contribution in [3.8, 4) is 28.7 Å². The molecule has 1 aromatic carbocycles. The molecule has 3 heterocycles. The van der Waals surface area contributed by atoms with Crippen LogP contribution >= 0.6 is 0 Å². The number of hydrogen-bond acceptors (Lipinski definition) is 7. The zero-order valence-corrected chi connectivity index (χ0v) is 18.1. The molecule has 0 N–H and O–H groups in total. The molecular formula is C21H21N5O4S. The summed E-state index contributed by atoms with van der Waals surface area (Å²) >= 11 is 0. The molecule has 0 saturated carbocycles. The standard InChI is InChI=1S/C21H21N5O4S/c1-29-18-8-7-15(12-19(18)30-2)14-25-10-4-6-17(25)16-13-20(26-11-5-9-22-26)24-21(23-16)31(3,27)28/h4-13H,14H2,1-3H3. The maximum atomic E-state index is 12.2. The summed E-state index contributed by atoms with van der Waals surface area (Å²) in [7, 11) is -0.440. The lowest BCUT2D eigenvalue weighted by molar-refractivity contribution is 0.354. The van der Waals surface area contributed by atoms with Crippen molar-refractivity contribution in [2.45, 2.75) is 11.7 Å². The highest BCUT2D eigenvalue weighted by Crippen LogP contribution is 2.29. The highest BCUT2D eigenvalue weighted by molar-refractivity contribution is 7.90. The van der Waals surface area contributed by atoms with Crippen LogP contribution in [0.2, 0.25) is 0 Å². The molecule has 0 radical (unpaired) electrons. The van der Waals surface area contributed by atoms with Crippen LogP contribution in [0.4, 0.5) is 0 Å². The summed E-state index contributed by atoms with van der Waals surface area (Å²) in [6.45, 7) is 0.526. The van der Waals surface area contributed by atoms with Crippen LogP contribution in [0, 0.1) is 0 Å². The minimum atomic E-state index is -3.62. The van der Waals surface area contributed by atoms with Gasteiger partial charge in [0, 0.05) is 37.5 Å². The Labute approximate surface area is 179 Å². The molecule has 0 aliphatic heterocycles. The molecule has 0 saturated heterocycles. The van der Waals surface area contributed by atoms with Gasteiger partial charge < -0.3 is 14.0 Å². The molecule has 0 aliphatic rings. The molecule has 4 aromatic rings. The molecule has 9 nitrogen and oxygen atoms in total. The fourth-order valence-electron chi connectivity index (χ4n) is 3.19. The first-order chi connectivity index (χ1) is 14.9. The van der Waals surface area contributed by atoms with E-state index in [1.165, 1.54) is 4.68 Å². The fraction of sp³-hybridized carbons (Fsp3) is 0.190. The maximum absolute atomic E-state index is 12.2. The molecule has 0 atom stereocenters. The van der Waals surface area contributed by atoms with E-state index in [4.69, 9.17) is 9.47 Å². The van der Waals surface area contributed by atoms with Crippen LogP contribution in [0.5, 0.6) is 11.5 Å². The van der Waals surface area contributed by atoms with E-state index >= 15 is 0 Å². The normalized spacial score (nSPS) is 11.5. The van der Waals surface area contributed by atoms with E-state index in [1.54, 1.807) is 38.7 Å². The van der Waals surface area contributed by atoms with Gasteiger partial charge in [0.05, 0.1) is 25.6 Å². The van der Waals surface area contributed by atoms with Gasteiger partial charge in [-0.3, -0.25) is 0 Å². The van der Waals surface area contributed by atoms with Crippen molar-refractivity contribution in [1.29, 1.82) is 0 Å². The van der Waals surface area contributed by atoms with Crippen LogP contribution in [0.1, 0.15) is 5.56 Å². The smallest absolute Gasteiger partial charge is 0.249 e. The first-order valence-corrected chi connectivity index (χ1v) is 11.2. The molecule has 0 spiro atoms. The van der Waals surface area contributed by atoms with Crippen LogP contribution in [-0.4, -0.2) is 53.2 Å². The number of nitrogens with zero attached hydrogens (tertiary/aromatic N) is 5. The number of sulfone groups is 1. The van der Waals surface area contributed by atoms with Crippen LogP contribution in [0.3, 0.4) is 0 Å². The van der Waals surface area contributed by atoms with E-state index in [2.05, 4.69) is 15.1 Å². The average molecular weight is 439 g/mol. The number of hydrogen-bond donors (Lipinski definition) is 0. The fourth-order valence-corrected chi connectivity index (χ4v) is 3.72. The second-order valence-electron chi connectivity index (χ2n) is 6.83. The van der Waals surface area contributed by atoms with Gasteiger partial charge in [-0.2, -0.15) is 10.1 Å². The van der Waals surface area contributed by atoms with Gasteiger partial charge in [0.2, 0.25) is 15.0 Å². The van der Waals surface area contributed by atoms with Gasteiger partial charge in [0.15, 0.2) is 17.3 Å². The topological polar surface area (TPSA) is 101 Å². The Bertz CT molecular complexity index is 1310. The zero-order valence-electron chi connectivity index (χ0n) is 17.3. The van der Waals surface area contributed by atoms with Crippen LogP contribution in [0.25, 0.3) is 17.2 Å². The van der Waals surface area contributed by atoms with Gasteiger partial charge in [0.1, 0.15) is 0 Å². The zero-order chi connectivity index (χ0) is 22.0. The van der Waals surface area contributed by atoms with Gasteiger partial charge in [0.25, 0.3) is 0 Å². The Morgan fingerprint density at radius 1 is 0.968 bits per heavy atom. The molecule has 3 aromatic heterocycles. The van der Waals surface area contributed by atoms with Crippen molar-refractivity contribution in [1.82, 2.24) is 24.3 Å². The molecule has 4 rings (SSSR count). The van der Waals surface area contributed by atoms with E-state index < -0.39 is 9.84 Å². The summed E-state index contributed by atoms with van der Waals surface area (Å²) in [5, 5.41) is 3.90. The lowest BCUT2D eigenvalue weighted by Crippen LogP contribution is -2.10. The largest absolute Gasteiger partial charge is 0.493 e. The molecule has 0 unspecified atom stereocenters. The summed E-state index contributed by atoms with van der Waals surface area (Å²) in [6, 6.07) is 12.9. The predicted octanol–water partition coefficient (Wildman–Crippen LogP) is 2.60. The van der Waals surface area contributed by atoms with Crippen molar-refractivity contribution in [2.24, 2.45) is 0 Å². The lowest BCUT2D eigenvalue weighted by atomic mass is 10.2.